The lowest BCUT2D eigenvalue weighted by molar-refractivity contribution is -0.115. The molecule has 2 amide bonds. The number of carbonyl (C=O) groups is 2. The molecule has 41 heavy (non-hydrogen) atoms. The van der Waals surface area contributed by atoms with Gasteiger partial charge < -0.3 is 14.2 Å². The number of nitriles is 1. The first-order chi connectivity index (χ1) is 19.3. The normalized spacial score (nSPS) is 19.4. The van der Waals surface area contributed by atoms with Gasteiger partial charge in [0.05, 0.1) is 27.5 Å². The van der Waals surface area contributed by atoms with Gasteiger partial charge in [-0.1, -0.05) is 6.07 Å². The second kappa shape index (κ2) is 12.5. The second-order valence-electron chi connectivity index (χ2n) is 11.7. The second-order valence-corrected chi connectivity index (χ2v) is 13.6. The quantitative estimate of drug-likeness (QED) is 0.208. The third-order valence-corrected chi connectivity index (χ3v) is 9.17. The van der Waals surface area contributed by atoms with Crippen molar-refractivity contribution >= 4 is 44.9 Å². The average Bonchev–Trinajstić information content (AvgIpc) is 3.24. The lowest BCUT2D eigenvalue weighted by atomic mass is 9.87. The van der Waals surface area contributed by atoms with Crippen molar-refractivity contribution in [3.8, 4) is 23.3 Å². The number of nitrogens with zero attached hydrogens (tertiary/aromatic N) is 1. The number of rotatable bonds is 10. The molecule has 2 aromatic rings. The number of imide groups is 1. The Morgan fingerprint density at radius 2 is 1.93 bits per heavy atom. The summed E-state index contributed by atoms with van der Waals surface area (Å²) < 4.78 is 19.9. The number of unbranched alkanes of at least 4 members (excludes halogenated alkanes) is 1. The third kappa shape index (κ3) is 7.28. The summed E-state index contributed by atoms with van der Waals surface area (Å²) in [6.07, 6.45) is 6.07. The van der Waals surface area contributed by atoms with Gasteiger partial charge in [0.1, 0.15) is 29.5 Å². The highest BCUT2D eigenvalue weighted by Crippen LogP contribution is 2.44. The lowest BCUT2D eigenvalue weighted by Gasteiger charge is -2.38. The van der Waals surface area contributed by atoms with Crippen LogP contribution >= 0.6 is 27.7 Å². The van der Waals surface area contributed by atoms with Crippen LogP contribution in [0.3, 0.4) is 0 Å². The lowest BCUT2D eigenvalue weighted by Crippen LogP contribution is -2.42. The van der Waals surface area contributed by atoms with Gasteiger partial charge >= 0.3 is 0 Å². The minimum atomic E-state index is -0.508. The van der Waals surface area contributed by atoms with E-state index in [4.69, 9.17) is 14.2 Å². The fourth-order valence-electron chi connectivity index (χ4n) is 5.03. The predicted molar refractivity (Wildman–Crippen MR) is 165 cm³/mol. The van der Waals surface area contributed by atoms with Gasteiger partial charge in [-0.2, -0.15) is 5.26 Å². The zero-order chi connectivity index (χ0) is 29.9. The number of fused-ring (bicyclic) bond motifs is 1. The summed E-state index contributed by atoms with van der Waals surface area (Å²) >= 11 is 4.47. The summed E-state index contributed by atoms with van der Waals surface area (Å²) in [5.74, 6) is 2.16. The molecular weight excluding hydrogens is 604 g/mol. The first-order valence-corrected chi connectivity index (χ1v) is 15.5. The van der Waals surface area contributed by atoms with Crippen molar-refractivity contribution in [3.05, 3.63) is 55.4 Å². The maximum absolute atomic E-state index is 11.8. The van der Waals surface area contributed by atoms with Crippen molar-refractivity contribution in [1.82, 2.24) is 5.32 Å². The predicted octanol–water partition coefficient (Wildman–Crippen LogP) is 7.96. The SMILES string of the molecule is Cc1c(C)c2c(c(C)c1OCCCCC(C)(C)C#N)CCC(C)(COc1ccc(C=C3SC(=O)NC3=O)cc1Br)O2. The van der Waals surface area contributed by atoms with Crippen LogP contribution in [0.25, 0.3) is 6.08 Å². The Labute approximate surface area is 255 Å². The molecule has 7 nitrogen and oxygen atoms in total. The molecular formula is C32H37BrN2O5S. The number of hydrogen-bond donors (Lipinski definition) is 1. The van der Waals surface area contributed by atoms with Crippen LogP contribution in [0, 0.1) is 37.5 Å². The van der Waals surface area contributed by atoms with E-state index >= 15 is 0 Å². The summed E-state index contributed by atoms with van der Waals surface area (Å²) in [5, 5.41) is 11.1. The molecule has 2 aliphatic rings. The van der Waals surface area contributed by atoms with Crippen molar-refractivity contribution in [2.75, 3.05) is 13.2 Å². The van der Waals surface area contributed by atoms with Crippen LogP contribution in [0.15, 0.2) is 27.6 Å². The van der Waals surface area contributed by atoms with E-state index in [-0.39, 0.29) is 16.6 Å². The van der Waals surface area contributed by atoms with Gasteiger partial charge in [0.2, 0.25) is 0 Å². The van der Waals surface area contributed by atoms with E-state index < -0.39 is 5.60 Å². The molecule has 2 aliphatic heterocycles. The topological polar surface area (TPSA) is 97.6 Å². The van der Waals surface area contributed by atoms with Crippen LogP contribution in [0.4, 0.5) is 4.79 Å². The smallest absolute Gasteiger partial charge is 0.290 e. The molecule has 0 radical (unpaired) electrons. The molecule has 0 spiro atoms. The third-order valence-electron chi connectivity index (χ3n) is 7.74. The van der Waals surface area contributed by atoms with E-state index in [2.05, 4.69) is 55.0 Å². The van der Waals surface area contributed by atoms with Gasteiger partial charge in [0.15, 0.2) is 0 Å². The largest absolute Gasteiger partial charge is 0.493 e. The van der Waals surface area contributed by atoms with Crippen LogP contribution in [-0.4, -0.2) is 30.0 Å². The zero-order valence-electron chi connectivity index (χ0n) is 24.5. The molecule has 0 aromatic heterocycles. The van der Waals surface area contributed by atoms with Crippen molar-refractivity contribution in [2.45, 2.75) is 79.2 Å². The molecule has 1 saturated heterocycles. The van der Waals surface area contributed by atoms with Crippen LogP contribution in [0.2, 0.25) is 0 Å². The summed E-state index contributed by atoms with van der Waals surface area (Å²) in [5.41, 5.74) is 4.48. The fourth-order valence-corrected chi connectivity index (χ4v) is 6.22. The minimum Gasteiger partial charge on any atom is -0.493 e. The Hall–Kier alpha value is -2.96. The van der Waals surface area contributed by atoms with Gasteiger partial charge in [-0.3, -0.25) is 14.9 Å². The summed E-state index contributed by atoms with van der Waals surface area (Å²) in [7, 11) is 0. The van der Waals surface area contributed by atoms with Gasteiger partial charge in [-0.15, -0.1) is 0 Å². The summed E-state index contributed by atoms with van der Waals surface area (Å²) in [4.78, 5) is 23.6. The number of thioether (sulfide) groups is 1. The molecule has 0 saturated carbocycles. The van der Waals surface area contributed by atoms with E-state index in [0.717, 1.165) is 82.1 Å². The van der Waals surface area contributed by atoms with Gasteiger partial charge in [0.25, 0.3) is 11.1 Å². The van der Waals surface area contributed by atoms with Crippen molar-refractivity contribution in [1.29, 1.82) is 5.26 Å². The molecule has 0 aliphatic carbocycles. The molecule has 1 unspecified atom stereocenters. The average molecular weight is 642 g/mol. The number of hydrogen-bond acceptors (Lipinski definition) is 7. The highest BCUT2D eigenvalue weighted by Gasteiger charge is 2.36. The molecule has 218 valence electrons. The number of ether oxygens (including phenoxy) is 3. The van der Waals surface area contributed by atoms with Gasteiger partial charge in [-0.25, -0.2) is 0 Å². The zero-order valence-corrected chi connectivity index (χ0v) is 26.9. The first kappa shape index (κ1) is 31.0. The molecule has 1 N–H and O–H groups in total. The Kier molecular flexibility index (Phi) is 9.45. The van der Waals surface area contributed by atoms with Crippen LogP contribution in [-0.2, 0) is 11.2 Å². The van der Waals surface area contributed by atoms with Crippen LogP contribution in [0.1, 0.15) is 74.3 Å². The number of halogens is 1. The van der Waals surface area contributed by atoms with Gasteiger partial charge in [-0.05, 0) is 142 Å². The van der Waals surface area contributed by atoms with E-state index in [1.807, 2.05) is 32.0 Å². The number of carbonyl (C=O) groups excluding carboxylic acids is 2. The first-order valence-electron chi connectivity index (χ1n) is 13.9. The van der Waals surface area contributed by atoms with Gasteiger partial charge in [0, 0.05) is 5.56 Å². The maximum Gasteiger partial charge on any atom is 0.290 e. The Bertz CT molecular complexity index is 1440. The Morgan fingerprint density at radius 1 is 1.17 bits per heavy atom. The molecule has 2 aromatic carbocycles. The molecule has 1 atom stereocenters. The van der Waals surface area contributed by atoms with Crippen molar-refractivity contribution in [3.63, 3.8) is 0 Å². The molecule has 1 fully saturated rings. The highest BCUT2D eigenvalue weighted by atomic mass is 79.9. The van der Waals surface area contributed by atoms with Crippen LogP contribution in [0.5, 0.6) is 17.2 Å². The Balaban J connectivity index is 1.40. The van der Waals surface area contributed by atoms with E-state index in [1.165, 1.54) is 5.56 Å². The van der Waals surface area contributed by atoms with Crippen molar-refractivity contribution in [2.24, 2.45) is 5.41 Å². The monoisotopic (exact) mass is 640 g/mol. The molecule has 0 bridgehead atoms. The highest BCUT2D eigenvalue weighted by molar-refractivity contribution is 9.10. The van der Waals surface area contributed by atoms with Crippen molar-refractivity contribution < 1.29 is 23.8 Å². The van der Waals surface area contributed by atoms with E-state index in [9.17, 15) is 14.9 Å². The maximum atomic E-state index is 11.8. The number of amides is 2. The number of nitrogens with one attached hydrogen (secondary N) is 1. The summed E-state index contributed by atoms with van der Waals surface area (Å²) in [6.45, 7) is 13.3. The van der Waals surface area contributed by atoms with Crippen LogP contribution < -0.4 is 19.5 Å². The van der Waals surface area contributed by atoms with E-state index in [0.29, 0.717) is 23.9 Å². The van der Waals surface area contributed by atoms with E-state index in [1.54, 1.807) is 6.08 Å². The molecule has 2 heterocycles. The minimum absolute atomic E-state index is 0.296. The summed E-state index contributed by atoms with van der Waals surface area (Å²) in [6, 6.07) is 7.93. The molecule has 9 heteroatoms. The number of benzene rings is 2. The molecule has 4 rings (SSSR count). The fraction of sp³-hybridized carbons (Fsp3) is 0.469. The standard InChI is InChI=1S/C32H37BrN2O5S/c1-19-20(2)28-23(21(3)27(19)38-14-8-7-12-31(4,5)17-34)11-13-32(6,40-28)18-39-25-10-9-22(15-24(25)33)16-26-29(36)35-30(37)41-26/h9-10,15-16H,7-8,11-14,18H2,1-6H3,(H,35,36,37). The Morgan fingerprint density at radius 3 is 2.59 bits per heavy atom.